The van der Waals surface area contributed by atoms with E-state index in [2.05, 4.69) is 10.3 Å². The predicted octanol–water partition coefficient (Wildman–Crippen LogP) is 2.24. The number of piperidine rings is 1. The lowest BCUT2D eigenvalue weighted by Gasteiger charge is -2.21. The molecular weight excluding hydrogens is 188 g/mol. The van der Waals surface area contributed by atoms with Crippen LogP contribution in [0.25, 0.3) is 0 Å². The molecule has 0 bridgehead atoms. The minimum Gasteiger partial charge on any atom is -0.445 e. The summed E-state index contributed by atoms with van der Waals surface area (Å²) in [6.45, 7) is 1.15. The van der Waals surface area contributed by atoms with Crippen LogP contribution >= 0.6 is 0 Å². The van der Waals surface area contributed by atoms with E-state index in [9.17, 15) is 0 Å². The zero-order chi connectivity index (χ0) is 10.1. The number of nitrogens with zero attached hydrogens (tertiary/aromatic N) is 1. The van der Waals surface area contributed by atoms with Crippen molar-refractivity contribution >= 4 is 0 Å². The van der Waals surface area contributed by atoms with Crippen LogP contribution in [-0.2, 0) is 6.42 Å². The van der Waals surface area contributed by atoms with E-state index in [1.54, 1.807) is 0 Å². The first-order valence-electron chi connectivity index (χ1n) is 6.10. The van der Waals surface area contributed by atoms with Gasteiger partial charge in [0.1, 0.15) is 5.76 Å². The van der Waals surface area contributed by atoms with Crippen molar-refractivity contribution in [3.05, 3.63) is 17.8 Å². The van der Waals surface area contributed by atoms with Gasteiger partial charge in [0.05, 0.1) is 6.20 Å². The summed E-state index contributed by atoms with van der Waals surface area (Å²) in [4.78, 5) is 4.36. The van der Waals surface area contributed by atoms with E-state index >= 15 is 0 Å². The van der Waals surface area contributed by atoms with Gasteiger partial charge in [-0.05, 0) is 32.2 Å². The third-order valence-corrected chi connectivity index (χ3v) is 3.38. The molecule has 1 saturated heterocycles. The lowest BCUT2D eigenvalue weighted by Crippen LogP contribution is -2.35. The Morgan fingerprint density at radius 3 is 3.00 bits per heavy atom. The molecule has 0 amide bonds. The maximum absolute atomic E-state index is 5.76. The molecule has 2 heterocycles. The molecule has 3 heteroatoms. The second-order valence-electron chi connectivity index (χ2n) is 4.78. The van der Waals surface area contributed by atoms with Crippen molar-refractivity contribution in [2.24, 2.45) is 0 Å². The molecule has 3 nitrogen and oxygen atoms in total. The Morgan fingerprint density at radius 1 is 1.33 bits per heavy atom. The molecule has 2 fully saturated rings. The molecule has 1 aliphatic heterocycles. The van der Waals surface area contributed by atoms with Crippen LogP contribution < -0.4 is 5.32 Å². The molecule has 1 aromatic heterocycles. The minimum absolute atomic E-state index is 0.587. The van der Waals surface area contributed by atoms with Crippen molar-refractivity contribution in [3.8, 4) is 0 Å². The molecular formula is C12H18N2O. The summed E-state index contributed by atoms with van der Waals surface area (Å²) in [5, 5.41) is 3.52. The molecule has 3 rings (SSSR count). The summed E-state index contributed by atoms with van der Waals surface area (Å²) < 4.78 is 5.76. The van der Waals surface area contributed by atoms with Crippen molar-refractivity contribution in [2.45, 2.75) is 50.5 Å². The van der Waals surface area contributed by atoms with E-state index in [0.717, 1.165) is 24.6 Å². The normalized spacial score (nSPS) is 26.8. The van der Waals surface area contributed by atoms with Crippen LogP contribution in [0.15, 0.2) is 10.6 Å². The van der Waals surface area contributed by atoms with Gasteiger partial charge >= 0.3 is 0 Å². The van der Waals surface area contributed by atoms with Crippen LogP contribution in [0.3, 0.4) is 0 Å². The molecule has 1 N–H and O–H groups in total. The molecule has 1 atom stereocenters. The van der Waals surface area contributed by atoms with Crippen LogP contribution in [0.5, 0.6) is 0 Å². The van der Waals surface area contributed by atoms with Crippen molar-refractivity contribution in [1.29, 1.82) is 0 Å². The Kier molecular flexibility index (Phi) is 2.49. The van der Waals surface area contributed by atoms with E-state index in [1.807, 2.05) is 6.20 Å². The first-order chi connectivity index (χ1) is 7.42. The number of rotatable bonds is 3. The summed E-state index contributed by atoms with van der Waals surface area (Å²) in [5.41, 5.74) is 0. The zero-order valence-corrected chi connectivity index (χ0v) is 9.04. The number of aromatic nitrogens is 1. The van der Waals surface area contributed by atoms with Gasteiger partial charge in [-0.15, -0.1) is 0 Å². The lowest BCUT2D eigenvalue weighted by molar-refractivity contribution is 0.360. The Morgan fingerprint density at radius 2 is 2.27 bits per heavy atom. The molecule has 82 valence electrons. The summed E-state index contributed by atoms with van der Waals surface area (Å²) in [6.07, 6.45) is 9.39. The lowest BCUT2D eigenvalue weighted by atomic mass is 10.0. The highest BCUT2D eigenvalue weighted by Crippen LogP contribution is 2.40. The first-order valence-corrected chi connectivity index (χ1v) is 6.10. The smallest absolute Gasteiger partial charge is 0.195 e. The monoisotopic (exact) mass is 206 g/mol. The standard InChI is InChI=1S/C12H18N2O/c1-2-6-13-10(3-1)7-12-14-8-11(15-12)9-4-5-9/h8-10,13H,1-7H2. The van der Waals surface area contributed by atoms with Gasteiger partial charge in [-0.3, -0.25) is 0 Å². The molecule has 1 aromatic rings. The fourth-order valence-corrected chi connectivity index (χ4v) is 2.28. The Labute approximate surface area is 90.3 Å². The molecule has 0 radical (unpaired) electrons. The van der Waals surface area contributed by atoms with Gasteiger partial charge in [0.2, 0.25) is 0 Å². The number of nitrogens with one attached hydrogen (secondary N) is 1. The zero-order valence-electron chi connectivity index (χ0n) is 9.04. The van der Waals surface area contributed by atoms with Gasteiger partial charge in [0.15, 0.2) is 5.89 Å². The van der Waals surface area contributed by atoms with E-state index in [4.69, 9.17) is 4.42 Å². The van der Waals surface area contributed by atoms with Crippen LogP contribution in [0.2, 0.25) is 0 Å². The fourth-order valence-electron chi connectivity index (χ4n) is 2.28. The van der Waals surface area contributed by atoms with Crippen LogP contribution in [0, 0.1) is 0 Å². The summed E-state index contributed by atoms with van der Waals surface area (Å²) >= 11 is 0. The quantitative estimate of drug-likeness (QED) is 0.824. The van der Waals surface area contributed by atoms with Gasteiger partial charge in [0, 0.05) is 18.4 Å². The van der Waals surface area contributed by atoms with Crippen molar-refractivity contribution in [1.82, 2.24) is 10.3 Å². The number of oxazole rings is 1. The van der Waals surface area contributed by atoms with Crippen LogP contribution in [-0.4, -0.2) is 17.6 Å². The second-order valence-corrected chi connectivity index (χ2v) is 4.78. The van der Waals surface area contributed by atoms with Gasteiger partial charge in [0.25, 0.3) is 0 Å². The minimum atomic E-state index is 0.587. The van der Waals surface area contributed by atoms with Gasteiger partial charge in [-0.25, -0.2) is 4.98 Å². The van der Waals surface area contributed by atoms with Gasteiger partial charge in [-0.1, -0.05) is 6.42 Å². The third-order valence-electron chi connectivity index (χ3n) is 3.38. The van der Waals surface area contributed by atoms with E-state index in [-0.39, 0.29) is 0 Å². The Balaban J connectivity index is 1.60. The first kappa shape index (κ1) is 9.40. The van der Waals surface area contributed by atoms with Crippen molar-refractivity contribution < 1.29 is 4.42 Å². The van der Waals surface area contributed by atoms with E-state index in [0.29, 0.717) is 12.0 Å². The van der Waals surface area contributed by atoms with E-state index in [1.165, 1.54) is 32.1 Å². The third kappa shape index (κ3) is 2.23. The van der Waals surface area contributed by atoms with Gasteiger partial charge < -0.3 is 9.73 Å². The maximum atomic E-state index is 5.76. The number of hydrogen-bond donors (Lipinski definition) is 1. The average molecular weight is 206 g/mol. The molecule has 0 spiro atoms. The highest BCUT2D eigenvalue weighted by molar-refractivity contribution is 5.08. The molecule has 1 aliphatic carbocycles. The van der Waals surface area contributed by atoms with Crippen molar-refractivity contribution in [2.75, 3.05) is 6.54 Å². The predicted molar refractivity (Wildman–Crippen MR) is 57.8 cm³/mol. The average Bonchev–Trinajstić information content (AvgIpc) is 3.02. The topological polar surface area (TPSA) is 38.1 Å². The van der Waals surface area contributed by atoms with E-state index < -0.39 is 0 Å². The summed E-state index contributed by atoms with van der Waals surface area (Å²) in [7, 11) is 0. The van der Waals surface area contributed by atoms with Crippen LogP contribution in [0.4, 0.5) is 0 Å². The molecule has 2 aliphatic rings. The summed E-state index contributed by atoms with van der Waals surface area (Å²) in [6, 6.07) is 0.587. The molecule has 0 aromatic carbocycles. The van der Waals surface area contributed by atoms with Crippen LogP contribution in [0.1, 0.15) is 49.7 Å². The summed E-state index contributed by atoms with van der Waals surface area (Å²) in [5.74, 6) is 2.72. The Hall–Kier alpha value is -0.830. The van der Waals surface area contributed by atoms with Gasteiger partial charge in [-0.2, -0.15) is 0 Å². The SMILES string of the molecule is c1nc(CC2CCCCN2)oc1C1CC1. The molecule has 1 saturated carbocycles. The fraction of sp³-hybridized carbons (Fsp3) is 0.750. The highest BCUT2D eigenvalue weighted by atomic mass is 16.4. The highest BCUT2D eigenvalue weighted by Gasteiger charge is 2.27. The number of hydrogen-bond acceptors (Lipinski definition) is 3. The Bertz CT molecular complexity index is 324. The second kappa shape index (κ2) is 3.97. The largest absolute Gasteiger partial charge is 0.445 e. The maximum Gasteiger partial charge on any atom is 0.195 e. The molecule has 1 unspecified atom stereocenters. The molecule has 15 heavy (non-hydrogen) atoms. The van der Waals surface area contributed by atoms with Crippen molar-refractivity contribution in [3.63, 3.8) is 0 Å².